The molecule has 0 saturated heterocycles. The molecular weight excluding hydrogens is 250 g/mol. The van der Waals surface area contributed by atoms with E-state index < -0.39 is 12.5 Å². The molecule has 0 spiro atoms. The number of ether oxygens (including phenoxy) is 1. The summed E-state index contributed by atoms with van der Waals surface area (Å²) in [5, 5.41) is 3.33. The van der Waals surface area contributed by atoms with E-state index >= 15 is 0 Å². The lowest BCUT2D eigenvalue weighted by Gasteiger charge is -1.96. The van der Waals surface area contributed by atoms with Crippen molar-refractivity contribution in [3.63, 3.8) is 0 Å². The van der Waals surface area contributed by atoms with E-state index in [1.54, 1.807) is 0 Å². The fourth-order valence-electron chi connectivity index (χ4n) is 0.704. The van der Waals surface area contributed by atoms with Gasteiger partial charge in [-0.05, 0) is 15.9 Å². The molecule has 1 rings (SSSR count). The molecule has 1 heterocycles. The Morgan fingerprint density at radius 3 is 2.77 bits per heavy atom. The standard InChI is InChI=1S/C6H5BrF2N2O2/c1-13-5(12)4-3(7)2-11(10-4)6(8)9/h2,6H,1H3. The maximum absolute atomic E-state index is 12.1. The Morgan fingerprint density at radius 1 is 1.77 bits per heavy atom. The number of esters is 1. The summed E-state index contributed by atoms with van der Waals surface area (Å²) in [6, 6.07) is 0. The molecule has 0 aliphatic carbocycles. The highest BCUT2D eigenvalue weighted by Crippen LogP contribution is 2.19. The second-order valence-corrected chi connectivity index (χ2v) is 2.93. The summed E-state index contributed by atoms with van der Waals surface area (Å²) in [7, 11) is 1.15. The molecule has 0 N–H and O–H groups in total. The number of nitrogens with zero attached hydrogens (tertiary/aromatic N) is 2. The van der Waals surface area contributed by atoms with Crippen LogP contribution in [0.3, 0.4) is 0 Å². The molecule has 13 heavy (non-hydrogen) atoms. The van der Waals surface area contributed by atoms with E-state index in [1.807, 2.05) is 0 Å². The van der Waals surface area contributed by atoms with E-state index in [-0.39, 0.29) is 10.2 Å². The second kappa shape index (κ2) is 3.82. The van der Waals surface area contributed by atoms with Gasteiger partial charge in [0.15, 0.2) is 5.69 Å². The Bertz CT molecular complexity index is 326. The third-order valence-corrected chi connectivity index (χ3v) is 1.85. The highest BCUT2D eigenvalue weighted by atomic mass is 79.9. The summed E-state index contributed by atoms with van der Waals surface area (Å²) in [4.78, 5) is 10.9. The molecule has 0 unspecified atom stereocenters. The van der Waals surface area contributed by atoms with Gasteiger partial charge in [0, 0.05) is 6.20 Å². The Hall–Kier alpha value is -0.980. The monoisotopic (exact) mass is 254 g/mol. The van der Waals surface area contributed by atoms with Gasteiger partial charge in [-0.2, -0.15) is 13.9 Å². The summed E-state index contributed by atoms with van der Waals surface area (Å²) < 4.78 is 29.0. The second-order valence-electron chi connectivity index (χ2n) is 2.07. The van der Waals surface area contributed by atoms with Crippen LogP contribution in [0.5, 0.6) is 0 Å². The lowest BCUT2D eigenvalue weighted by molar-refractivity contribution is 0.0521. The zero-order valence-electron chi connectivity index (χ0n) is 6.50. The Labute approximate surface area is 80.6 Å². The summed E-state index contributed by atoms with van der Waals surface area (Å²) >= 11 is 2.91. The van der Waals surface area contributed by atoms with Gasteiger partial charge in [0.1, 0.15) is 0 Å². The number of hydrogen-bond donors (Lipinski definition) is 0. The minimum atomic E-state index is -2.77. The van der Waals surface area contributed by atoms with Crippen molar-refractivity contribution in [3.8, 4) is 0 Å². The minimum absolute atomic E-state index is 0.164. The van der Waals surface area contributed by atoms with Gasteiger partial charge in [-0.3, -0.25) is 0 Å². The summed E-state index contributed by atoms with van der Waals surface area (Å²) in [6.07, 6.45) is 1.01. The van der Waals surface area contributed by atoms with Gasteiger partial charge in [-0.1, -0.05) is 0 Å². The van der Waals surface area contributed by atoms with Crippen LogP contribution in [-0.2, 0) is 4.74 Å². The Kier molecular flexibility index (Phi) is 2.97. The average molecular weight is 255 g/mol. The van der Waals surface area contributed by atoms with Crippen molar-refractivity contribution in [1.82, 2.24) is 9.78 Å². The molecule has 0 aliphatic heterocycles. The fourth-order valence-corrected chi connectivity index (χ4v) is 1.16. The van der Waals surface area contributed by atoms with Crippen molar-refractivity contribution in [2.24, 2.45) is 0 Å². The number of hydrogen-bond acceptors (Lipinski definition) is 3. The molecule has 0 aromatic carbocycles. The summed E-state index contributed by atoms with van der Waals surface area (Å²) in [5.74, 6) is -0.758. The third kappa shape index (κ3) is 2.03. The van der Waals surface area contributed by atoms with E-state index in [1.165, 1.54) is 0 Å². The number of halogens is 3. The Balaban J connectivity index is 3.03. The highest BCUT2D eigenvalue weighted by molar-refractivity contribution is 9.10. The number of methoxy groups -OCH3 is 1. The van der Waals surface area contributed by atoms with E-state index in [4.69, 9.17) is 0 Å². The van der Waals surface area contributed by atoms with Gasteiger partial charge < -0.3 is 4.74 Å². The highest BCUT2D eigenvalue weighted by Gasteiger charge is 2.18. The molecule has 0 fully saturated rings. The van der Waals surface area contributed by atoms with Crippen molar-refractivity contribution >= 4 is 21.9 Å². The molecule has 1 aromatic rings. The normalized spacial score (nSPS) is 10.5. The van der Waals surface area contributed by atoms with Gasteiger partial charge in [0.25, 0.3) is 0 Å². The maximum atomic E-state index is 12.1. The first-order valence-corrected chi connectivity index (χ1v) is 3.96. The lowest BCUT2D eigenvalue weighted by Crippen LogP contribution is -2.05. The van der Waals surface area contributed by atoms with Crippen molar-refractivity contribution in [1.29, 1.82) is 0 Å². The van der Waals surface area contributed by atoms with Gasteiger partial charge in [0.2, 0.25) is 0 Å². The summed E-state index contributed by atoms with van der Waals surface area (Å²) in [5.41, 5.74) is -0.164. The fraction of sp³-hybridized carbons (Fsp3) is 0.333. The molecule has 1 aromatic heterocycles. The Morgan fingerprint density at radius 2 is 2.38 bits per heavy atom. The van der Waals surface area contributed by atoms with Gasteiger partial charge in [0.05, 0.1) is 11.6 Å². The zero-order chi connectivity index (χ0) is 10.0. The molecule has 0 atom stereocenters. The first-order valence-electron chi connectivity index (χ1n) is 3.17. The van der Waals surface area contributed by atoms with Gasteiger partial charge in [-0.15, -0.1) is 0 Å². The van der Waals surface area contributed by atoms with Crippen molar-refractivity contribution < 1.29 is 18.3 Å². The molecule has 0 bridgehead atoms. The quantitative estimate of drug-likeness (QED) is 0.757. The number of rotatable bonds is 2. The molecule has 0 saturated carbocycles. The van der Waals surface area contributed by atoms with Crippen LogP contribution >= 0.6 is 15.9 Å². The lowest BCUT2D eigenvalue weighted by atomic mass is 10.4. The smallest absolute Gasteiger partial charge is 0.359 e. The first kappa shape index (κ1) is 10.1. The van der Waals surface area contributed by atoms with Gasteiger partial charge >= 0.3 is 12.5 Å². The van der Waals surface area contributed by atoms with Crippen LogP contribution in [0.25, 0.3) is 0 Å². The van der Waals surface area contributed by atoms with Crippen LogP contribution in [0.1, 0.15) is 17.0 Å². The third-order valence-electron chi connectivity index (χ3n) is 1.27. The molecule has 72 valence electrons. The van der Waals surface area contributed by atoms with Crippen LogP contribution in [0.15, 0.2) is 10.7 Å². The van der Waals surface area contributed by atoms with Crippen LogP contribution in [0, 0.1) is 0 Å². The van der Waals surface area contributed by atoms with E-state index in [0.717, 1.165) is 13.3 Å². The van der Waals surface area contributed by atoms with Crippen LogP contribution in [-0.4, -0.2) is 22.9 Å². The van der Waals surface area contributed by atoms with E-state index in [9.17, 15) is 13.6 Å². The van der Waals surface area contributed by atoms with Crippen LogP contribution in [0.4, 0.5) is 8.78 Å². The number of aromatic nitrogens is 2. The minimum Gasteiger partial charge on any atom is -0.464 e. The van der Waals surface area contributed by atoms with Crippen molar-refractivity contribution in [3.05, 3.63) is 16.4 Å². The average Bonchev–Trinajstić information content (AvgIpc) is 2.46. The molecule has 0 amide bonds. The number of carbonyl (C=O) groups excluding carboxylic acids is 1. The van der Waals surface area contributed by atoms with E-state index in [2.05, 4.69) is 25.8 Å². The topological polar surface area (TPSA) is 44.1 Å². The predicted octanol–water partition coefficient (Wildman–Crippen LogP) is 1.83. The van der Waals surface area contributed by atoms with Crippen molar-refractivity contribution in [2.45, 2.75) is 6.55 Å². The zero-order valence-corrected chi connectivity index (χ0v) is 8.09. The molecular formula is C6H5BrF2N2O2. The molecule has 0 aliphatic rings. The van der Waals surface area contributed by atoms with Crippen LogP contribution in [0.2, 0.25) is 0 Å². The number of alkyl halides is 2. The summed E-state index contributed by atoms with van der Waals surface area (Å²) in [6.45, 7) is -2.77. The van der Waals surface area contributed by atoms with E-state index in [0.29, 0.717) is 4.68 Å². The van der Waals surface area contributed by atoms with Crippen molar-refractivity contribution in [2.75, 3.05) is 7.11 Å². The predicted molar refractivity (Wildman–Crippen MR) is 42.5 cm³/mol. The SMILES string of the molecule is COC(=O)c1nn(C(F)F)cc1Br. The largest absolute Gasteiger partial charge is 0.464 e. The molecule has 4 nitrogen and oxygen atoms in total. The molecule has 7 heteroatoms. The first-order chi connectivity index (χ1) is 6.06. The van der Waals surface area contributed by atoms with Crippen LogP contribution < -0.4 is 0 Å². The number of carbonyl (C=O) groups is 1. The van der Waals surface area contributed by atoms with Gasteiger partial charge in [-0.25, -0.2) is 9.48 Å². The maximum Gasteiger partial charge on any atom is 0.359 e. The molecule has 0 radical (unpaired) electrons.